The summed E-state index contributed by atoms with van der Waals surface area (Å²) in [7, 11) is 0. The second kappa shape index (κ2) is 5.87. The molecule has 0 spiro atoms. The summed E-state index contributed by atoms with van der Waals surface area (Å²) in [5.41, 5.74) is 1.34. The molecule has 0 fully saturated rings. The molecule has 0 aromatic carbocycles. The predicted octanol–water partition coefficient (Wildman–Crippen LogP) is 3.06. The van der Waals surface area contributed by atoms with Gasteiger partial charge in [-0.3, -0.25) is 0 Å². The lowest BCUT2D eigenvalue weighted by Gasteiger charge is -2.14. The highest BCUT2D eigenvalue weighted by Crippen LogP contribution is 2.25. The molecule has 1 aromatic heterocycles. The minimum absolute atomic E-state index is 0.157. The maximum atomic E-state index is 8.65. The highest BCUT2D eigenvalue weighted by Gasteiger charge is 2.17. The summed E-state index contributed by atoms with van der Waals surface area (Å²) in [6.45, 7) is 6.85. The number of aromatic nitrogens is 1. The van der Waals surface area contributed by atoms with Gasteiger partial charge in [0.15, 0.2) is 0 Å². The fourth-order valence-corrected chi connectivity index (χ4v) is 3.09. The first-order valence-corrected chi connectivity index (χ1v) is 7.21. The molecule has 2 nitrogen and oxygen atoms in total. The normalized spacial score (nSPS) is 12.0. The number of hydrogen-bond donors (Lipinski definition) is 1. The molecule has 1 aromatic rings. The van der Waals surface area contributed by atoms with Crippen LogP contribution in [0.2, 0.25) is 0 Å². The Kier molecular flexibility index (Phi) is 5.09. The lowest BCUT2D eigenvalue weighted by Crippen LogP contribution is -2.11. The van der Waals surface area contributed by atoms with E-state index in [1.807, 2.05) is 11.8 Å². The van der Waals surface area contributed by atoms with Gasteiger partial charge in [-0.15, -0.1) is 11.3 Å². The van der Waals surface area contributed by atoms with E-state index in [4.69, 9.17) is 5.11 Å². The average Bonchev–Trinajstić information content (AvgIpc) is 2.60. The molecule has 15 heavy (non-hydrogen) atoms. The van der Waals surface area contributed by atoms with Gasteiger partial charge in [0.05, 0.1) is 5.69 Å². The van der Waals surface area contributed by atoms with E-state index in [9.17, 15) is 0 Å². The first kappa shape index (κ1) is 13.0. The molecule has 0 saturated heterocycles. The van der Waals surface area contributed by atoms with Gasteiger partial charge in [0.1, 0.15) is 5.01 Å². The Morgan fingerprint density at radius 2 is 2.20 bits per heavy atom. The monoisotopic (exact) mass is 245 g/mol. The third kappa shape index (κ3) is 4.53. The van der Waals surface area contributed by atoms with E-state index < -0.39 is 0 Å². The number of thioether (sulfide) groups is 1. The smallest absolute Gasteiger partial charge is 0.103 e. The SMILES string of the molecule is CC(C)(C)c1csc(CSCCCO)n1. The third-order valence-corrected chi connectivity index (χ3v) is 4.08. The molecule has 0 amide bonds. The molecular weight excluding hydrogens is 226 g/mol. The number of aliphatic hydroxyl groups is 1. The second-order valence-electron chi connectivity index (χ2n) is 4.51. The van der Waals surface area contributed by atoms with Crippen molar-refractivity contribution in [3.05, 3.63) is 16.1 Å². The molecule has 4 heteroatoms. The largest absolute Gasteiger partial charge is 0.396 e. The van der Waals surface area contributed by atoms with Crippen LogP contribution in [0.3, 0.4) is 0 Å². The van der Waals surface area contributed by atoms with Crippen LogP contribution < -0.4 is 0 Å². The fourth-order valence-electron chi connectivity index (χ4n) is 1.05. The maximum Gasteiger partial charge on any atom is 0.103 e. The van der Waals surface area contributed by atoms with Crippen molar-refractivity contribution in [2.75, 3.05) is 12.4 Å². The molecule has 0 bridgehead atoms. The van der Waals surface area contributed by atoms with Crippen LogP contribution in [0, 0.1) is 0 Å². The Labute approximate surface area is 100 Å². The van der Waals surface area contributed by atoms with Crippen molar-refractivity contribution in [3.63, 3.8) is 0 Å². The zero-order valence-electron chi connectivity index (χ0n) is 9.62. The van der Waals surface area contributed by atoms with E-state index >= 15 is 0 Å². The van der Waals surface area contributed by atoms with Crippen molar-refractivity contribution < 1.29 is 5.11 Å². The van der Waals surface area contributed by atoms with Crippen LogP contribution in [-0.2, 0) is 11.2 Å². The first-order chi connectivity index (χ1) is 7.04. The van der Waals surface area contributed by atoms with E-state index in [0.29, 0.717) is 0 Å². The predicted molar refractivity (Wildman–Crippen MR) is 68.7 cm³/mol. The van der Waals surface area contributed by atoms with E-state index in [2.05, 4.69) is 31.1 Å². The van der Waals surface area contributed by atoms with Crippen molar-refractivity contribution in [2.24, 2.45) is 0 Å². The van der Waals surface area contributed by atoms with Gasteiger partial charge in [0.25, 0.3) is 0 Å². The number of aliphatic hydroxyl groups excluding tert-OH is 1. The quantitative estimate of drug-likeness (QED) is 0.809. The van der Waals surface area contributed by atoms with Gasteiger partial charge < -0.3 is 5.11 Å². The van der Waals surface area contributed by atoms with Crippen molar-refractivity contribution >= 4 is 23.1 Å². The molecule has 0 atom stereocenters. The van der Waals surface area contributed by atoms with Crippen LogP contribution in [0.1, 0.15) is 37.9 Å². The molecule has 0 aliphatic rings. The van der Waals surface area contributed by atoms with E-state index in [1.54, 1.807) is 11.3 Å². The number of thiazole rings is 1. The Balaban J connectivity index is 2.40. The van der Waals surface area contributed by atoms with Gasteiger partial charge in [-0.05, 0) is 12.2 Å². The van der Waals surface area contributed by atoms with Crippen LogP contribution in [-0.4, -0.2) is 22.5 Å². The highest BCUT2D eigenvalue weighted by molar-refractivity contribution is 7.98. The Morgan fingerprint density at radius 1 is 1.47 bits per heavy atom. The van der Waals surface area contributed by atoms with E-state index in [1.165, 1.54) is 10.7 Å². The zero-order valence-corrected chi connectivity index (χ0v) is 11.2. The van der Waals surface area contributed by atoms with E-state index in [0.717, 1.165) is 17.9 Å². The lowest BCUT2D eigenvalue weighted by molar-refractivity contribution is 0.296. The first-order valence-electron chi connectivity index (χ1n) is 5.17. The Hall–Kier alpha value is -0.0600. The minimum Gasteiger partial charge on any atom is -0.396 e. The van der Waals surface area contributed by atoms with Crippen LogP contribution in [0.4, 0.5) is 0 Å². The molecule has 0 aliphatic carbocycles. The molecule has 86 valence electrons. The standard InChI is InChI=1S/C11H19NOS2/c1-11(2,3)9-7-15-10(12-9)8-14-6-4-5-13/h7,13H,4-6,8H2,1-3H3. The topological polar surface area (TPSA) is 33.1 Å². The van der Waals surface area contributed by atoms with Crippen LogP contribution in [0.5, 0.6) is 0 Å². The van der Waals surface area contributed by atoms with Gasteiger partial charge in [-0.2, -0.15) is 11.8 Å². The number of hydrogen-bond acceptors (Lipinski definition) is 4. The van der Waals surface area contributed by atoms with Gasteiger partial charge in [-0.25, -0.2) is 4.98 Å². The van der Waals surface area contributed by atoms with Gasteiger partial charge in [-0.1, -0.05) is 20.8 Å². The summed E-state index contributed by atoms with van der Waals surface area (Å²) in [6, 6.07) is 0. The van der Waals surface area contributed by atoms with Gasteiger partial charge >= 0.3 is 0 Å². The summed E-state index contributed by atoms with van der Waals surface area (Å²) in [5, 5.41) is 12.0. The van der Waals surface area contributed by atoms with Crippen molar-refractivity contribution in [1.82, 2.24) is 4.98 Å². The van der Waals surface area contributed by atoms with Gasteiger partial charge in [0.2, 0.25) is 0 Å². The van der Waals surface area contributed by atoms with Crippen LogP contribution in [0.15, 0.2) is 5.38 Å². The summed E-state index contributed by atoms with van der Waals surface area (Å²) in [5.74, 6) is 1.99. The van der Waals surface area contributed by atoms with Crippen LogP contribution in [0.25, 0.3) is 0 Å². The molecule has 0 unspecified atom stereocenters. The molecule has 0 radical (unpaired) electrons. The average molecular weight is 245 g/mol. The summed E-state index contributed by atoms with van der Waals surface area (Å²) in [6.07, 6.45) is 0.877. The van der Waals surface area contributed by atoms with Crippen LogP contribution >= 0.6 is 23.1 Å². The Morgan fingerprint density at radius 3 is 2.73 bits per heavy atom. The molecule has 0 saturated carbocycles. The van der Waals surface area contributed by atoms with E-state index in [-0.39, 0.29) is 12.0 Å². The Bertz CT molecular complexity index is 291. The van der Waals surface area contributed by atoms with Crippen molar-refractivity contribution in [1.29, 1.82) is 0 Å². The fraction of sp³-hybridized carbons (Fsp3) is 0.727. The molecule has 1 rings (SSSR count). The summed E-state index contributed by atoms with van der Waals surface area (Å²) < 4.78 is 0. The number of nitrogens with zero attached hydrogens (tertiary/aromatic N) is 1. The highest BCUT2D eigenvalue weighted by atomic mass is 32.2. The molecule has 1 heterocycles. The molecular formula is C11H19NOS2. The van der Waals surface area contributed by atoms with Gasteiger partial charge in [0, 0.05) is 23.2 Å². The number of rotatable bonds is 5. The molecule has 0 aliphatic heterocycles. The lowest BCUT2D eigenvalue weighted by atomic mass is 9.93. The third-order valence-electron chi connectivity index (χ3n) is 1.99. The maximum absolute atomic E-state index is 8.65. The van der Waals surface area contributed by atoms with Crippen molar-refractivity contribution in [3.8, 4) is 0 Å². The summed E-state index contributed by atoms with van der Waals surface area (Å²) in [4.78, 5) is 4.61. The molecule has 1 N–H and O–H groups in total. The minimum atomic E-state index is 0.157. The zero-order chi connectivity index (χ0) is 11.3. The summed E-state index contributed by atoms with van der Waals surface area (Å²) >= 11 is 3.58. The second-order valence-corrected chi connectivity index (χ2v) is 6.55. The van der Waals surface area contributed by atoms with Crippen molar-refractivity contribution in [2.45, 2.75) is 38.4 Å².